The molecule has 0 aromatic heterocycles. The highest BCUT2D eigenvalue weighted by molar-refractivity contribution is 5.47. The topological polar surface area (TPSA) is 69.2 Å². The molecule has 16 heavy (non-hydrogen) atoms. The Morgan fingerprint density at radius 2 is 2.19 bits per heavy atom. The van der Waals surface area contributed by atoms with Crippen LogP contribution in [0, 0.1) is 10.1 Å². The van der Waals surface area contributed by atoms with E-state index >= 15 is 0 Å². The molecule has 2 N–H and O–H groups in total. The number of anilines is 1. The lowest BCUT2D eigenvalue weighted by atomic mass is 10.1. The third kappa shape index (κ3) is 3.24. The normalized spacial score (nSPS) is 11.9. The number of nitrogens with zero attached hydrogens (tertiary/aromatic N) is 1. The largest absolute Gasteiger partial charge is 0.398 e. The van der Waals surface area contributed by atoms with Gasteiger partial charge < -0.3 is 5.73 Å². The molecular weight excluding hydrogens is 204 g/mol. The van der Waals surface area contributed by atoms with Crippen LogP contribution in [0.3, 0.4) is 0 Å². The molecule has 0 bridgehead atoms. The molecule has 0 aliphatic heterocycles. The molecular formula is C12H14N2O2. The maximum absolute atomic E-state index is 10.5. The molecule has 1 aromatic rings. The first kappa shape index (κ1) is 12.0. The van der Waals surface area contributed by atoms with Gasteiger partial charge in [0.05, 0.1) is 4.92 Å². The SMILES string of the molecule is C/C=C(\C=C/Cc1ccccc1N)[N+](=O)[O-]. The second-order valence-corrected chi connectivity index (χ2v) is 3.28. The van der Waals surface area contributed by atoms with Crippen molar-refractivity contribution < 1.29 is 4.92 Å². The van der Waals surface area contributed by atoms with Gasteiger partial charge in [-0.15, -0.1) is 0 Å². The first-order valence-corrected chi connectivity index (χ1v) is 4.95. The van der Waals surface area contributed by atoms with Crippen LogP contribution >= 0.6 is 0 Å². The van der Waals surface area contributed by atoms with Gasteiger partial charge in [-0.3, -0.25) is 10.1 Å². The molecule has 0 atom stereocenters. The minimum atomic E-state index is -0.412. The van der Waals surface area contributed by atoms with Crippen LogP contribution in [0.25, 0.3) is 0 Å². The van der Waals surface area contributed by atoms with E-state index in [4.69, 9.17) is 5.73 Å². The Morgan fingerprint density at radius 1 is 1.50 bits per heavy atom. The number of nitrogen functional groups attached to an aromatic ring is 1. The lowest BCUT2D eigenvalue weighted by molar-refractivity contribution is -0.419. The van der Waals surface area contributed by atoms with Crippen molar-refractivity contribution in [2.75, 3.05) is 5.73 Å². The number of para-hydroxylation sites is 1. The fourth-order valence-electron chi connectivity index (χ4n) is 1.29. The monoisotopic (exact) mass is 218 g/mol. The van der Waals surface area contributed by atoms with Gasteiger partial charge in [-0.2, -0.15) is 0 Å². The number of rotatable bonds is 4. The van der Waals surface area contributed by atoms with Crippen molar-refractivity contribution in [2.45, 2.75) is 13.3 Å². The van der Waals surface area contributed by atoms with E-state index in [2.05, 4.69) is 0 Å². The lowest BCUT2D eigenvalue weighted by Crippen LogP contribution is -1.95. The van der Waals surface area contributed by atoms with Gasteiger partial charge in [-0.25, -0.2) is 0 Å². The van der Waals surface area contributed by atoms with Crippen LogP contribution in [0.5, 0.6) is 0 Å². The third-order valence-electron chi connectivity index (χ3n) is 2.19. The van der Waals surface area contributed by atoms with Gasteiger partial charge >= 0.3 is 0 Å². The molecule has 1 aromatic carbocycles. The first-order chi connectivity index (χ1) is 7.65. The number of benzene rings is 1. The molecule has 0 fully saturated rings. The van der Waals surface area contributed by atoms with E-state index in [1.807, 2.05) is 24.3 Å². The Bertz CT molecular complexity index is 436. The Hall–Kier alpha value is -2.10. The van der Waals surface area contributed by atoms with Gasteiger partial charge in [-0.05, 0) is 31.1 Å². The molecule has 0 aliphatic rings. The highest BCUT2D eigenvalue weighted by atomic mass is 16.6. The van der Waals surface area contributed by atoms with Crippen LogP contribution in [0.4, 0.5) is 5.69 Å². The molecule has 0 saturated heterocycles. The molecule has 4 heteroatoms. The summed E-state index contributed by atoms with van der Waals surface area (Å²) in [6, 6.07) is 7.47. The number of allylic oxidation sites excluding steroid dienone is 3. The van der Waals surface area contributed by atoms with E-state index in [0.717, 1.165) is 5.56 Å². The van der Waals surface area contributed by atoms with E-state index < -0.39 is 4.92 Å². The summed E-state index contributed by atoms with van der Waals surface area (Å²) in [7, 11) is 0. The third-order valence-corrected chi connectivity index (χ3v) is 2.19. The molecule has 0 spiro atoms. The van der Waals surface area contributed by atoms with E-state index in [1.165, 1.54) is 12.2 Å². The lowest BCUT2D eigenvalue weighted by Gasteiger charge is -2.00. The second kappa shape index (κ2) is 5.70. The summed E-state index contributed by atoms with van der Waals surface area (Å²) in [5.74, 6) is 0. The number of hydrogen-bond donors (Lipinski definition) is 1. The zero-order chi connectivity index (χ0) is 12.0. The predicted molar refractivity (Wildman–Crippen MR) is 64.4 cm³/mol. The fourth-order valence-corrected chi connectivity index (χ4v) is 1.29. The van der Waals surface area contributed by atoms with Crippen LogP contribution in [0.2, 0.25) is 0 Å². The van der Waals surface area contributed by atoms with Gasteiger partial charge in [-0.1, -0.05) is 24.3 Å². The predicted octanol–water partition coefficient (Wildman–Crippen LogP) is 2.55. The molecule has 1 rings (SSSR count). The van der Waals surface area contributed by atoms with Crippen molar-refractivity contribution in [2.24, 2.45) is 0 Å². The summed E-state index contributed by atoms with van der Waals surface area (Å²) in [4.78, 5) is 10.1. The van der Waals surface area contributed by atoms with E-state index in [-0.39, 0.29) is 5.70 Å². The summed E-state index contributed by atoms with van der Waals surface area (Å²) in [6.07, 6.45) is 5.29. The maximum atomic E-state index is 10.5. The second-order valence-electron chi connectivity index (χ2n) is 3.28. The minimum absolute atomic E-state index is 0.0921. The van der Waals surface area contributed by atoms with Crippen molar-refractivity contribution >= 4 is 5.69 Å². The van der Waals surface area contributed by atoms with Gasteiger partial charge in [0, 0.05) is 11.8 Å². The molecule has 4 nitrogen and oxygen atoms in total. The van der Waals surface area contributed by atoms with Crippen molar-refractivity contribution in [1.29, 1.82) is 0 Å². The van der Waals surface area contributed by atoms with Gasteiger partial charge in [0.25, 0.3) is 5.70 Å². The molecule has 84 valence electrons. The standard InChI is InChI=1S/C12H14N2O2/c1-2-11(14(15)16)8-5-7-10-6-3-4-9-12(10)13/h2-6,8-9H,7,13H2,1H3/b8-5-,11-2+. The molecule has 0 aliphatic carbocycles. The Kier molecular flexibility index (Phi) is 4.27. The highest BCUT2D eigenvalue weighted by Gasteiger charge is 2.02. The van der Waals surface area contributed by atoms with E-state index in [1.54, 1.807) is 13.0 Å². The smallest absolute Gasteiger partial charge is 0.264 e. The maximum Gasteiger partial charge on any atom is 0.264 e. The first-order valence-electron chi connectivity index (χ1n) is 4.95. The van der Waals surface area contributed by atoms with Crippen LogP contribution in [0.1, 0.15) is 12.5 Å². The number of nitro groups is 1. The van der Waals surface area contributed by atoms with Gasteiger partial charge in [0.1, 0.15) is 0 Å². The Morgan fingerprint density at radius 3 is 2.75 bits per heavy atom. The van der Waals surface area contributed by atoms with Gasteiger partial charge in [0.2, 0.25) is 0 Å². The summed E-state index contributed by atoms with van der Waals surface area (Å²) < 4.78 is 0. The molecule has 0 saturated carbocycles. The molecule has 0 amide bonds. The van der Waals surface area contributed by atoms with E-state index in [9.17, 15) is 10.1 Å². The summed E-state index contributed by atoms with van der Waals surface area (Å²) in [6.45, 7) is 1.64. The Labute approximate surface area is 94.2 Å². The van der Waals surface area contributed by atoms with Crippen molar-refractivity contribution in [3.63, 3.8) is 0 Å². The molecule has 0 heterocycles. The summed E-state index contributed by atoms with van der Waals surface area (Å²) in [5, 5.41) is 10.5. The highest BCUT2D eigenvalue weighted by Crippen LogP contribution is 2.11. The quantitative estimate of drug-likeness (QED) is 0.365. The fraction of sp³-hybridized carbons (Fsp3) is 0.167. The van der Waals surface area contributed by atoms with Crippen LogP contribution in [-0.2, 0) is 6.42 Å². The molecule has 0 radical (unpaired) electrons. The van der Waals surface area contributed by atoms with Crippen molar-refractivity contribution in [3.05, 3.63) is 63.9 Å². The molecule has 0 unspecified atom stereocenters. The van der Waals surface area contributed by atoms with Crippen molar-refractivity contribution in [3.8, 4) is 0 Å². The average Bonchev–Trinajstić information content (AvgIpc) is 2.26. The minimum Gasteiger partial charge on any atom is -0.398 e. The average molecular weight is 218 g/mol. The zero-order valence-corrected chi connectivity index (χ0v) is 9.09. The van der Waals surface area contributed by atoms with Crippen molar-refractivity contribution in [1.82, 2.24) is 0 Å². The van der Waals surface area contributed by atoms with E-state index in [0.29, 0.717) is 12.1 Å². The summed E-state index contributed by atoms with van der Waals surface area (Å²) in [5.41, 5.74) is 7.51. The number of hydrogen-bond acceptors (Lipinski definition) is 3. The van der Waals surface area contributed by atoms with Crippen LogP contribution < -0.4 is 5.73 Å². The Balaban J connectivity index is 2.68. The van der Waals surface area contributed by atoms with Crippen LogP contribution in [-0.4, -0.2) is 4.92 Å². The zero-order valence-electron chi connectivity index (χ0n) is 9.09. The summed E-state index contributed by atoms with van der Waals surface area (Å²) >= 11 is 0. The number of nitrogens with two attached hydrogens (primary N) is 1. The van der Waals surface area contributed by atoms with Crippen LogP contribution in [0.15, 0.2) is 48.2 Å². The van der Waals surface area contributed by atoms with Gasteiger partial charge in [0.15, 0.2) is 0 Å².